The lowest BCUT2D eigenvalue weighted by Crippen LogP contribution is -2.45. The maximum atomic E-state index is 12.6. The van der Waals surface area contributed by atoms with Crippen molar-refractivity contribution in [1.82, 2.24) is 5.32 Å². The number of rotatable bonds is 7. The summed E-state index contributed by atoms with van der Waals surface area (Å²) >= 11 is 0. The van der Waals surface area contributed by atoms with E-state index in [4.69, 9.17) is 4.74 Å². The number of para-hydroxylation sites is 1. The van der Waals surface area contributed by atoms with Crippen LogP contribution in [0, 0.1) is 0 Å². The number of sulfone groups is 1. The highest BCUT2D eigenvalue weighted by molar-refractivity contribution is 7.92. The Bertz CT molecular complexity index is 556. The van der Waals surface area contributed by atoms with Gasteiger partial charge < -0.3 is 10.1 Å². The zero-order valence-corrected chi connectivity index (χ0v) is 13.7. The third-order valence-electron chi connectivity index (χ3n) is 3.89. The van der Waals surface area contributed by atoms with Gasteiger partial charge in [-0.1, -0.05) is 38.5 Å². The van der Waals surface area contributed by atoms with Gasteiger partial charge in [0.1, 0.15) is 17.6 Å². The molecule has 1 heterocycles. The third-order valence-corrected chi connectivity index (χ3v) is 6.08. The summed E-state index contributed by atoms with van der Waals surface area (Å²) in [6, 6.07) is 7.55. The number of fused-ring (bicyclic) bond motifs is 1. The molecule has 1 aromatic carbocycles. The lowest BCUT2D eigenvalue weighted by atomic mass is 10.00. The second kappa shape index (κ2) is 7.27. The first-order valence-electron chi connectivity index (χ1n) is 7.76. The van der Waals surface area contributed by atoms with Crippen LogP contribution in [0.1, 0.15) is 44.7 Å². The molecule has 118 valence electrons. The molecule has 2 rings (SSSR count). The lowest BCUT2D eigenvalue weighted by Gasteiger charge is -2.34. The fraction of sp³-hybridized carbons (Fsp3) is 0.625. The zero-order chi connectivity index (χ0) is 15.3. The van der Waals surface area contributed by atoms with E-state index < -0.39 is 15.1 Å². The molecule has 1 aliphatic rings. The van der Waals surface area contributed by atoms with E-state index in [0.717, 1.165) is 30.7 Å². The van der Waals surface area contributed by atoms with E-state index in [1.165, 1.54) is 0 Å². The quantitative estimate of drug-likeness (QED) is 0.841. The average molecular weight is 311 g/mol. The summed E-state index contributed by atoms with van der Waals surface area (Å²) in [4.78, 5) is 0. The average Bonchev–Trinajstić information content (AvgIpc) is 2.50. The predicted octanol–water partition coefficient (Wildman–Crippen LogP) is 2.70. The highest BCUT2D eigenvalue weighted by atomic mass is 32.2. The Labute approximate surface area is 127 Å². The van der Waals surface area contributed by atoms with E-state index in [9.17, 15) is 8.42 Å². The maximum Gasteiger partial charge on any atom is 0.158 e. The molecule has 0 saturated heterocycles. The first kappa shape index (κ1) is 16.3. The van der Waals surface area contributed by atoms with Crippen LogP contribution in [-0.4, -0.2) is 32.6 Å². The van der Waals surface area contributed by atoms with Gasteiger partial charge in [0.25, 0.3) is 0 Å². The van der Waals surface area contributed by atoms with Crippen molar-refractivity contribution in [2.24, 2.45) is 0 Å². The molecule has 0 spiro atoms. The van der Waals surface area contributed by atoms with Gasteiger partial charge in [0, 0.05) is 5.56 Å². The molecule has 0 bridgehead atoms. The second-order valence-corrected chi connectivity index (χ2v) is 7.88. The summed E-state index contributed by atoms with van der Waals surface area (Å²) in [5.41, 5.74) is 0.960. The van der Waals surface area contributed by atoms with Crippen molar-refractivity contribution in [3.63, 3.8) is 0 Å². The third kappa shape index (κ3) is 3.77. The molecule has 0 amide bonds. The fourth-order valence-corrected chi connectivity index (χ4v) is 4.61. The molecule has 0 radical (unpaired) electrons. The van der Waals surface area contributed by atoms with Gasteiger partial charge in [-0.3, -0.25) is 0 Å². The van der Waals surface area contributed by atoms with Crippen LogP contribution in [0.25, 0.3) is 0 Å². The normalized spacial score (nSPS) is 21.6. The number of hydrogen-bond acceptors (Lipinski definition) is 4. The Hall–Kier alpha value is -1.07. The largest absolute Gasteiger partial charge is 0.492 e. The standard InChI is InChI=1S/C16H25NO3S/c1-3-5-11-21(18,19)15-12-20-14-9-7-6-8-13(14)16(15)17-10-4-2/h6-9,15-17H,3-5,10-12H2,1-2H3. The summed E-state index contributed by atoms with van der Waals surface area (Å²) in [6.07, 6.45) is 2.57. The molecule has 21 heavy (non-hydrogen) atoms. The Morgan fingerprint density at radius 1 is 1.24 bits per heavy atom. The zero-order valence-electron chi connectivity index (χ0n) is 12.8. The van der Waals surface area contributed by atoms with Gasteiger partial charge in [-0.15, -0.1) is 0 Å². The number of benzene rings is 1. The van der Waals surface area contributed by atoms with Crippen molar-refractivity contribution in [2.45, 2.75) is 44.4 Å². The van der Waals surface area contributed by atoms with E-state index in [1.807, 2.05) is 31.2 Å². The van der Waals surface area contributed by atoms with E-state index in [1.54, 1.807) is 0 Å². The molecule has 0 aromatic heterocycles. The van der Waals surface area contributed by atoms with Crippen LogP contribution >= 0.6 is 0 Å². The van der Waals surface area contributed by atoms with Crippen LogP contribution in [0.2, 0.25) is 0 Å². The molecule has 1 N–H and O–H groups in total. The topological polar surface area (TPSA) is 55.4 Å². The van der Waals surface area contributed by atoms with Gasteiger partial charge in [-0.2, -0.15) is 0 Å². The van der Waals surface area contributed by atoms with Crippen LogP contribution in [0.15, 0.2) is 24.3 Å². The minimum absolute atomic E-state index is 0.170. The molecular weight excluding hydrogens is 286 g/mol. The van der Waals surface area contributed by atoms with Gasteiger partial charge >= 0.3 is 0 Å². The van der Waals surface area contributed by atoms with Crippen molar-refractivity contribution in [3.8, 4) is 5.75 Å². The lowest BCUT2D eigenvalue weighted by molar-refractivity contribution is 0.254. The smallest absolute Gasteiger partial charge is 0.158 e. The predicted molar refractivity (Wildman–Crippen MR) is 85.5 cm³/mol. The van der Waals surface area contributed by atoms with E-state index in [-0.39, 0.29) is 18.4 Å². The summed E-state index contributed by atoms with van der Waals surface area (Å²) in [7, 11) is -3.16. The van der Waals surface area contributed by atoms with Crippen molar-refractivity contribution in [1.29, 1.82) is 0 Å². The molecule has 0 aliphatic carbocycles. The van der Waals surface area contributed by atoms with Crippen LogP contribution < -0.4 is 10.1 Å². The summed E-state index contributed by atoms with van der Waals surface area (Å²) < 4.78 is 30.9. The molecular formula is C16H25NO3S. The first-order chi connectivity index (χ1) is 10.1. The molecule has 2 unspecified atom stereocenters. The Morgan fingerprint density at radius 3 is 2.71 bits per heavy atom. The van der Waals surface area contributed by atoms with E-state index in [0.29, 0.717) is 6.42 Å². The molecule has 1 aromatic rings. The molecule has 1 aliphatic heterocycles. The number of unbranched alkanes of at least 4 members (excludes halogenated alkanes) is 1. The second-order valence-electron chi connectivity index (χ2n) is 5.54. The van der Waals surface area contributed by atoms with Crippen molar-refractivity contribution in [2.75, 3.05) is 18.9 Å². The van der Waals surface area contributed by atoms with E-state index >= 15 is 0 Å². The van der Waals surface area contributed by atoms with Crippen LogP contribution in [-0.2, 0) is 9.84 Å². The summed E-state index contributed by atoms with van der Waals surface area (Å²) in [5.74, 6) is 1.04. The molecule has 5 heteroatoms. The number of nitrogens with one attached hydrogen (secondary N) is 1. The minimum atomic E-state index is -3.16. The maximum absolute atomic E-state index is 12.6. The minimum Gasteiger partial charge on any atom is -0.492 e. The summed E-state index contributed by atoms with van der Waals surface area (Å²) in [5, 5.41) is 2.91. The van der Waals surface area contributed by atoms with Gasteiger partial charge in [0.05, 0.1) is 11.8 Å². The number of ether oxygens (including phenoxy) is 1. The van der Waals surface area contributed by atoms with Crippen LogP contribution in [0.3, 0.4) is 0 Å². The van der Waals surface area contributed by atoms with Gasteiger partial charge in [0.15, 0.2) is 9.84 Å². The van der Waals surface area contributed by atoms with Gasteiger partial charge in [-0.05, 0) is 25.5 Å². The highest BCUT2D eigenvalue weighted by Crippen LogP contribution is 2.35. The number of hydrogen-bond donors (Lipinski definition) is 1. The molecule has 0 saturated carbocycles. The monoisotopic (exact) mass is 311 g/mol. The first-order valence-corrected chi connectivity index (χ1v) is 9.48. The highest BCUT2D eigenvalue weighted by Gasteiger charge is 2.38. The summed E-state index contributed by atoms with van der Waals surface area (Å²) in [6.45, 7) is 5.14. The Balaban J connectivity index is 2.29. The van der Waals surface area contributed by atoms with Gasteiger partial charge in [-0.25, -0.2) is 8.42 Å². The van der Waals surface area contributed by atoms with Crippen molar-refractivity contribution >= 4 is 9.84 Å². The van der Waals surface area contributed by atoms with Crippen LogP contribution in [0.5, 0.6) is 5.75 Å². The Morgan fingerprint density at radius 2 is 2.00 bits per heavy atom. The molecule has 0 fully saturated rings. The van der Waals surface area contributed by atoms with Crippen molar-refractivity contribution < 1.29 is 13.2 Å². The van der Waals surface area contributed by atoms with Crippen molar-refractivity contribution in [3.05, 3.63) is 29.8 Å². The van der Waals surface area contributed by atoms with Gasteiger partial charge in [0.2, 0.25) is 0 Å². The van der Waals surface area contributed by atoms with Crippen LogP contribution in [0.4, 0.5) is 0 Å². The van der Waals surface area contributed by atoms with E-state index in [2.05, 4.69) is 12.2 Å². The SMILES string of the molecule is CCCCS(=O)(=O)C1COc2ccccc2C1NCCC. The fourth-order valence-electron chi connectivity index (χ4n) is 2.69. The molecule has 4 nitrogen and oxygen atoms in total. The Kier molecular flexibility index (Phi) is 5.65. The molecule has 2 atom stereocenters.